The lowest BCUT2D eigenvalue weighted by Crippen LogP contribution is -2.14. The predicted octanol–water partition coefficient (Wildman–Crippen LogP) is 16.8. The molecule has 13 rings (SSSR count). The number of para-hydroxylation sites is 2. The van der Waals surface area contributed by atoms with E-state index in [4.69, 9.17) is 8.83 Å². The quantitative estimate of drug-likeness (QED) is 0.166. The van der Waals surface area contributed by atoms with Gasteiger partial charge in [0.25, 0.3) is 0 Å². The van der Waals surface area contributed by atoms with Crippen LogP contribution in [-0.4, -0.2) is 0 Å². The molecule has 1 aliphatic carbocycles. The maximum absolute atomic E-state index is 6.34. The lowest BCUT2D eigenvalue weighted by molar-refractivity contribution is 0.660. The van der Waals surface area contributed by atoms with Crippen LogP contribution in [0, 0.1) is 0 Å². The highest BCUT2D eigenvalue weighted by atomic mass is 16.3. The van der Waals surface area contributed by atoms with Gasteiger partial charge < -0.3 is 8.83 Å². The molecule has 2 heterocycles. The zero-order valence-corrected chi connectivity index (χ0v) is 33.8. The van der Waals surface area contributed by atoms with Crippen molar-refractivity contribution in [2.75, 3.05) is 0 Å². The molecule has 286 valence electrons. The van der Waals surface area contributed by atoms with E-state index in [1.54, 1.807) is 0 Å². The third-order valence-electron chi connectivity index (χ3n) is 13.5. The van der Waals surface area contributed by atoms with Crippen molar-refractivity contribution in [2.24, 2.45) is 0 Å². The summed E-state index contributed by atoms with van der Waals surface area (Å²) in [6.07, 6.45) is 0. The molecule has 0 amide bonds. The predicted molar refractivity (Wildman–Crippen MR) is 255 cm³/mol. The molecule has 2 aromatic heterocycles. The highest BCUT2D eigenvalue weighted by molar-refractivity contribution is 6.24. The van der Waals surface area contributed by atoms with Crippen LogP contribution in [0.2, 0.25) is 0 Å². The number of rotatable bonds is 4. The first kappa shape index (κ1) is 34.2. The fourth-order valence-electron chi connectivity index (χ4n) is 10.7. The van der Waals surface area contributed by atoms with E-state index in [2.05, 4.69) is 196 Å². The Labute approximate surface area is 352 Å². The van der Waals surface area contributed by atoms with E-state index in [0.717, 1.165) is 55.0 Å². The van der Waals surface area contributed by atoms with E-state index in [-0.39, 0.29) is 5.41 Å². The van der Waals surface area contributed by atoms with E-state index in [0.29, 0.717) is 0 Å². The van der Waals surface area contributed by atoms with Gasteiger partial charge in [-0.25, -0.2) is 0 Å². The van der Waals surface area contributed by atoms with Crippen molar-refractivity contribution >= 4 is 65.4 Å². The highest BCUT2D eigenvalue weighted by Gasteiger charge is 2.35. The molecule has 0 saturated carbocycles. The molecule has 0 bridgehead atoms. The SMILES string of the molecule is CC1(C)c2ccccc2-c2cc(-c3c4ccccc4c(-c4c(-c5ccc6oc7ccccc7c6c5)cccc4-c4ccc5oc6ccccc6c5c4)c4ccccc34)ccc21. The zero-order valence-electron chi connectivity index (χ0n) is 33.8. The average Bonchev–Trinajstić information content (AvgIpc) is 3.94. The second-order valence-corrected chi connectivity index (χ2v) is 17.1. The van der Waals surface area contributed by atoms with E-state index < -0.39 is 0 Å². The summed E-state index contributed by atoms with van der Waals surface area (Å²) < 4.78 is 12.7. The Morgan fingerprint density at radius 1 is 0.279 bits per heavy atom. The minimum atomic E-state index is -0.0594. The minimum absolute atomic E-state index is 0.0594. The average molecular weight is 779 g/mol. The van der Waals surface area contributed by atoms with Crippen LogP contribution >= 0.6 is 0 Å². The van der Waals surface area contributed by atoms with Crippen LogP contribution in [0.4, 0.5) is 0 Å². The van der Waals surface area contributed by atoms with Gasteiger partial charge in [-0.3, -0.25) is 0 Å². The molecule has 0 atom stereocenters. The van der Waals surface area contributed by atoms with Crippen LogP contribution in [0.1, 0.15) is 25.0 Å². The number of hydrogen-bond acceptors (Lipinski definition) is 2. The molecule has 0 aliphatic heterocycles. The molecule has 0 N–H and O–H groups in total. The van der Waals surface area contributed by atoms with E-state index in [9.17, 15) is 0 Å². The van der Waals surface area contributed by atoms with Gasteiger partial charge in [-0.1, -0.05) is 166 Å². The summed E-state index contributed by atoms with van der Waals surface area (Å²) in [5, 5.41) is 9.37. The summed E-state index contributed by atoms with van der Waals surface area (Å²) >= 11 is 0. The highest BCUT2D eigenvalue weighted by Crippen LogP contribution is 2.53. The Morgan fingerprint density at radius 3 is 1.28 bits per heavy atom. The van der Waals surface area contributed by atoms with Gasteiger partial charge in [-0.15, -0.1) is 0 Å². The van der Waals surface area contributed by atoms with Crippen LogP contribution in [0.3, 0.4) is 0 Å². The number of fused-ring (bicyclic) bond motifs is 11. The third-order valence-corrected chi connectivity index (χ3v) is 13.5. The van der Waals surface area contributed by atoms with Crippen LogP contribution in [0.5, 0.6) is 0 Å². The van der Waals surface area contributed by atoms with Gasteiger partial charge in [0.15, 0.2) is 0 Å². The number of benzene rings is 10. The zero-order chi connectivity index (χ0) is 40.4. The fourth-order valence-corrected chi connectivity index (χ4v) is 10.7. The molecule has 0 spiro atoms. The Balaban J connectivity index is 1.13. The summed E-state index contributed by atoms with van der Waals surface area (Å²) in [6.45, 7) is 4.71. The van der Waals surface area contributed by atoms with Crippen molar-refractivity contribution in [1.82, 2.24) is 0 Å². The van der Waals surface area contributed by atoms with Crippen molar-refractivity contribution in [1.29, 1.82) is 0 Å². The number of hydrogen-bond donors (Lipinski definition) is 0. The maximum atomic E-state index is 6.34. The first-order valence-electron chi connectivity index (χ1n) is 21.2. The van der Waals surface area contributed by atoms with Gasteiger partial charge in [0, 0.05) is 27.0 Å². The Morgan fingerprint density at radius 2 is 0.705 bits per heavy atom. The first-order chi connectivity index (χ1) is 30.0. The van der Waals surface area contributed by atoms with Crippen LogP contribution in [0.25, 0.3) is 121 Å². The molecule has 0 radical (unpaired) electrons. The van der Waals surface area contributed by atoms with Crippen LogP contribution < -0.4 is 0 Å². The van der Waals surface area contributed by atoms with Gasteiger partial charge in [0.2, 0.25) is 0 Å². The topological polar surface area (TPSA) is 26.3 Å². The summed E-state index contributed by atoms with van der Waals surface area (Å²) in [4.78, 5) is 0. The maximum Gasteiger partial charge on any atom is 0.135 e. The molecule has 61 heavy (non-hydrogen) atoms. The van der Waals surface area contributed by atoms with Crippen molar-refractivity contribution < 1.29 is 8.83 Å². The Kier molecular flexibility index (Phi) is 7.10. The molecular formula is C59H38O2. The van der Waals surface area contributed by atoms with Gasteiger partial charge in [-0.2, -0.15) is 0 Å². The summed E-state index contributed by atoms with van der Waals surface area (Å²) in [5.74, 6) is 0. The lowest BCUT2D eigenvalue weighted by Gasteiger charge is -2.23. The van der Waals surface area contributed by atoms with E-state index in [1.165, 1.54) is 77.2 Å². The molecule has 1 aliphatic rings. The van der Waals surface area contributed by atoms with Gasteiger partial charge >= 0.3 is 0 Å². The summed E-state index contributed by atoms with van der Waals surface area (Å²) in [5.41, 5.74) is 18.5. The Hall–Kier alpha value is -7.68. The summed E-state index contributed by atoms with van der Waals surface area (Å²) in [6, 6.07) is 71.0. The first-order valence-corrected chi connectivity index (χ1v) is 21.2. The molecule has 10 aromatic carbocycles. The largest absolute Gasteiger partial charge is 0.456 e. The van der Waals surface area contributed by atoms with Crippen molar-refractivity contribution in [3.8, 4) is 55.6 Å². The summed E-state index contributed by atoms with van der Waals surface area (Å²) in [7, 11) is 0. The van der Waals surface area contributed by atoms with Crippen molar-refractivity contribution in [3.05, 3.63) is 205 Å². The van der Waals surface area contributed by atoms with Gasteiger partial charge in [0.1, 0.15) is 22.3 Å². The normalized spacial score (nSPS) is 13.2. The smallest absolute Gasteiger partial charge is 0.135 e. The van der Waals surface area contributed by atoms with Gasteiger partial charge in [-0.05, 0) is 131 Å². The molecule has 12 aromatic rings. The third kappa shape index (κ3) is 4.91. The van der Waals surface area contributed by atoms with Crippen molar-refractivity contribution in [2.45, 2.75) is 19.3 Å². The van der Waals surface area contributed by atoms with E-state index >= 15 is 0 Å². The second-order valence-electron chi connectivity index (χ2n) is 17.1. The lowest BCUT2D eigenvalue weighted by atomic mass is 9.80. The monoisotopic (exact) mass is 778 g/mol. The van der Waals surface area contributed by atoms with Crippen LogP contribution in [-0.2, 0) is 5.41 Å². The minimum Gasteiger partial charge on any atom is -0.456 e. The molecule has 0 unspecified atom stereocenters. The molecule has 2 nitrogen and oxygen atoms in total. The molecule has 0 fully saturated rings. The van der Waals surface area contributed by atoms with Crippen molar-refractivity contribution in [3.63, 3.8) is 0 Å². The molecule has 0 saturated heterocycles. The van der Waals surface area contributed by atoms with Gasteiger partial charge in [0.05, 0.1) is 0 Å². The fraction of sp³-hybridized carbons (Fsp3) is 0.0508. The Bertz CT molecular complexity index is 3610. The second kappa shape index (κ2) is 12.7. The molecule has 2 heteroatoms. The number of furan rings is 2. The standard InChI is InChI=1S/C59H38O2/c1-59(2)50-23-10-7-14-40(50)47-34-37(26-29-51(47)59)56-43-17-3-5-19-45(43)58(46-20-6-4-18-44(46)56)57-38(35-27-30-54-48(32-35)41-15-8-11-24-52(41)60-54)21-13-22-39(57)36-28-31-55-49(33-36)42-16-9-12-25-53(42)61-55/h3-34H,1-2H3. The molecular weight excluding hydrogens is 741 g/mol. The van der Waals surface area contributed by atoms with E-state index in [1.807, 2.05) is 12.1 Å². The van der Waals surface area contributed by atoms with Crippen LogP contribution in [0.15, 0.2) is 203 Å².